The summed E-state index contributed by atoms with van der Waals surface area (Å²) in [5.74, 6) is 2.03. The van der Waals surface area contributed by atoms with Crippen LogP contribution in [-0.2, 0) is 5.41 Å². The number of aryl methyl sites for hydroxylation is 1. The molecule has 1 aromatic carbocycles. The van der Waals surface area contributed by atoms with Crippen molar-refractivity contribution in [2.75, 3.05) is 12.4 Å². The number of aromatic amines is 1. The highest BCUT2D eigenvalue weighted by atomic mass is 32.2. The fraction of sp³-hybridized carbons (Fsp3) is 0.409. The molecule has 0 bridgehead atoms. The third-order valence-electron chi connectivity index (χ3n) is 4.65. The molecule has 0 amide bonds. The molecule has 0 radical (unpaired) electrons. The highest BCUT2D eigenvalue weighted by Crippen LogP contribution is 2.25. The van der Waals surface area contributed by atoms with Crippen molar-refractivity contribution in [3.05, 3.63) is 53.1 Å². The van der Waals surface area contributed by atoms with Crippen LogP contribution in [0.5, 0.6) is 5.75 Å². The van der Waals surface area contributed by atoms with Crippen molar-refractivity contribution >= 4 is 17.5 Å². The highest BCUT2D eigenvalue weighted by molar-refractivity contribution is 7.99. The van der Waals surface area contributed by atoms with Gasteiger partial charge in [0.15, 0.2) is 5.78 Å². The van der Waals surface area contributed by atoms with E-state index in [-0.39, 0.29) is 11.2 Å². The molecule has 29 heavy (non-hydrogen) atoms. The molecule has 3 aromatic rings. The van der Waals surface area contributed by atoms with Gasteiger partial charge in [-0.2, -0.15) is 0 Å². The molecule has 0 saturated carbocycles. The first-order valence-corrected chi connectivity index (χ1v) is 10.7. The van der Waals surface area contributed by atoms with Gasteiger partial charge in [0.2, 0.25) is 5.16 Å². The zero-order chi connectivity index (χ0) is 21.2. The Labute approximate surface area is 176 Å². The van der Waals surface area contributed by atoms with Gasteiger partial charge in [-0.25, -0.2) is 4.98 Å². The van der Waals surface area contributed by atoms with Crippen LogP contribution in [0.25, 0.3) is 5.69 Å². The lowest BCUT2D eigenvalue weighted by atomic mass is 9.96. The van der Waals surface area contributed by atoms with E-state index in [4.69, 9.17) is 4.74 Å². The van der Waals surface area contributed by atoms with Gasteiger partial charge < -0.3 is 9.30 Å². The van der Waals surface area contributed by atoms with E-state index in [0.29, 0.717) is 17.5 Å². The SMILES string of the molecule is CCOc1ccc(-n2c(C)cc(C(=O)CSc3n[nH]c(C(C)(C)C)n3)c2C)cc1. The summed E-state index contributed by atoms with van der Waals surface area (Å²) >= 11 is 1.36. The van der Waals surface area contributed by atoms with Crippen LogP contribution >= 0.6 is 11.8 Å². The van der Waals surface area contributed by atoms with E-state index in [1.165, 1.54) is 11.8 Å². The van der Waals surface area contributed by atoms with E-state index < -0.39 is 0 Å². The summed E-state index contributed by atoms with van der Waals surface area (Å²) < 4.78 is 7.61. The van der Waals surface area contributed by atoms with Crippen molar-refractivity contribution in [3.8, 4) is 11.4 Å². The van der Waals surface area contributed by atoms with Crippen molar-refractivity contribution in [2.24, 2.45) is 0 Å². The van der Waals surface area contributed by atoms with Gasteiger partial charge in [0.05, 0.1) is 12.4 Å². The normalized spacial score (nSPS) is 11.7. The number of benzene rings is 1. The average molecular weight is 413 g/mol. The summed E-state index contributed by atoms with van der Waals surface area (Å²) in [7, 11) is 0. The first-order chi connectivity index (χ1) is 13.7. The van der Waals surface area contributed by atoms with E-state index >= 15 is 0 Å². The number of thioether (sulfide) groups is 1. The maximum absolute atomic E-state index is 12.9. The van der Waals surface area contributed by atoms with Gasteiger partial charge in [-0.15, -0.1) is 5.10 Å². The summed E-state index contributed by atoms with van der Waals surface area (Å²) in [6.07, 6.45) is 0. The number of nitrogens with zero attached hydrogens (tertiary/aromatic N) is 3. The number of carbonyl (C=O) groups excluding carboxylic acids is 1. The molecule has 154 valence electrons. The Morgan fingerprint density at radius 2 is 1.90 bits per heavy atom. The summed E-state index contributed by atoms with van der Waals surface area (Å²) in [6.45, 7) is 12.8. The lowest BCUT2D eigenvalue weighted by Gasteiger charge is -2.12. The summed E-state index contributed by atoms with van der Waals surface area (Å²) in [4.78, 5) is 17.3. The minimum Gasteiger partial charge on any atom is -0.494 e. The van der Waals surface area contributed by atoms with Crippen molar-refractivity contribution in [1.82, 2.24) is 19.7 Å². The zero-order valence-electron chi connectivity index (χ0n) is 17.9. The fourth-order valence-corrected chi connectivity index (χ4v) is 3.84. The molecule has 0 aliphatic rings. The van der Waals surface area contributed by atoms with Crippen LogP contribution in [0.2, 0.25) is 0 Å². The van der Waals surface area contributed by atoms with E-state index in [0.717, 1.165) is 34.2 Å². The number of H-pyrrole nitrogens is 1. The van der Waals surface area contributed by atoms with Gasteiger partial charge in [-0.05, 0) is 51.1 Å². The van der Waals surface area contributed by atoms with Crippen LogP contribution in [0.1, 0.15) is 55.3 Å². The van der Waals surface area contributed by atoms with Gasteiger partial charge in [-0.1, -0.05) is 32.5 Å². The topological polar surface area (TPSA) is 72.8 Å². The Bertz CT molecular complexity index is 997. The van der Waals surface area contributed by atoms with Gasteiger partial charge >= 0.3 is 0 Å². The molecule has 0 unspecified atom stereocenters. The summed E-state index contributed by atoms with van der Waals surface area (Å²) in [5.41, 5.74) is 3.60. The zero-order valence-corrected chi connectivity index (χ0v) is 18.7. The van der Waals surface area contributed by atoms with Crippen LogP contribution in [-0.4, -0.2) is 37.9 Å². The molecule has 0 spiro atoms. The highest BCUT2D eigenvalue weighted by Gasteiger charge is 2.21. The molecule has 1 N–H and O–H groups in total. The molecular formula is C22H28N4O2S. The Balaban J connectivity index is 1.75. The number of hydrogen-bond donors (Lipinski definition) is 1. The second kappa shape index (κ2) is 8.45. The number of aromatic nitrogens is 4. The van der Waals surface area contributed by atoms with Gasteiger partial charge in [0.25, 0.3) is 0 Å². The maximum Gasteiger partial charge on any atom is 0.208 e. The van der Waals surface area contributed by atoms with Crippen molar-refractivity contribution in [1.29, 1.82) is 0 Å². The Morgan fingerprint density at radius 1 is 1.21 bits per heavy atom. The summed E-state index contributed by atoms with van der Waals surface area (Å²) in [6, 6.07) is 9.87. The Kier molecular flexibility index (Phi) is 6.17. The fourth-order valence-electron chi connectivity index (χ4n) is 3.15. The lowest BCUT2D eigenvalue weighted by Crippen LogP contribution is -2.13. The number of Topliss-reactive ketones (excluding diaryl/α,β-unsaturated/α-hetero) is 1. The van der Waals surface area contributed by atoms with Gasteiger partial charge in [0.1, 0.15) is 11.6 Å². The van der Waals surface area contributed by atoms with Crippen LogP contribution in [0.4, 0.5) is 0 Å². The molecule has 0 fully saturated rings. The van der Waals surface area contributed by atoms with E-state index in [9.17, 15) is 4.79 Å². The molecule has 2 heterocycles. The smallest absolute Gasteiger partial charge is 0.208 e. The monoisotopic (exact) mass is 412 g/mol. The van der Waals surface area contributed by atoms with Crippen molar-refractivity contribution in [2.45, 2.75) is 52.1 Å². The van der Waals surface area contributed by atoms with E-state index in [2.05, 4.69) is 40.5 Å². The molecule has 0 saturated heterocycles. The third kappa shape index (κ3) is 4.72. The molecule has 0 aliphatic carbocycles. The second-order valence-corrected chi connectivity index (χ2v) is 8.92. The minimum atomic E-state index is -0.0988. The van der Waals surface area contributed by atoms with Gasteiger partial charge in [-0.3, -0.25) is 9.89 Å². The number of hydrogen-bond acceptors (Lipinski definition) is 5. The minimum absolute atomic E-state index is 0.0717. The number of nitrogens with one attached hydrogen (secondary N) is 1. The first-order valence-electron chi connectivity index (χ1n) is 9.71. The van der Waals surface area contributed by atoms with Crippen molar-refractivity contribution in [3.63, 3.8) is 0 Å². The average Bonchev–Trinajstić information content (AvgIpc) is 3.26. The number of ketones is 1. The first kappa shape index (κ1) is 21.2. The maximum atomic E-state index is 12.9. The third-order valence-corrected chi connectivity index (χ3v) is 5.49. The molecule has 3 rings (SSSR count). The number of carbonyl (C=O) groups is 1. The summed E-state index contributed by atoms with van der Waals surface area (Å²) in [5, 5.41) is 7.78. The lowest BCUT2D eigenvalue weighted by molar-refractivity contribution is 0.102. The quantitative estimate of drug-likeness (QED) is 0.442. The molecular weight excluding hydrogens is 384 g/mol. The van der Waals surface area contributed by atoms with Crippen LogP contribution < -0.4 is 4.74 Å². The standard InChI is InChI=1S/C22H28N4O2S/c1-7-28-17-10-8-16(9-11-17)26-14(2)12-18(15(26)3)19(27)13-29-21-23-20(24-25-21)22(4,5)6/h8-12H,7,13H2,1-6H3,(H,23,24,25). The molecule has 6 nitrogen and oxygen atoms in total. The predicted octanol–water partition coefficient (Wildman–Crippen LogP) is 4.88. The Morgan fingerprint density at radius 3 is 2.48 bits per heavy atom. The number of rotatable bonds is 7. The Hall–Kier alpha value is -2.54. The van der Waals surface area contributed by atoms with Crippen LogP contribution in [0.15, 0.2) is 35.5 Å². The van der Waals surface area contributed by atoms with E-state index in [1.807, 2.05) is 51.1 Å². The van der Waals surface area contributed by atoms with Gasteiger partial charge in [0, 0.05) is 28.1 Å². The van der Waals surface area contributed by atoms with Crippen molar-refractivity contribution < 1.29 is 9.53 Å². The largest absolute Gasteiger partial charge is 0.494 e. The van der Waals surface area contributed by atoms with Crippen LogP contribution in [0, 0.1) is 13.8 Å². The van der Waals surface area contributed by atoms with E-state index in [1.54, 1.807) is 0 Å². The predicted molar refractivity (Wildman–Crippen MR) is 117 cm³/mol. The van der Waals surface area contributed by atoms with Crippen LogP contribution in [0.3, 0.4) is 0 Å². The molecule has 7 heteroatoms. The molecule has 2 aromatic heterocycles. The second-order valence-electron chi connectivity index (χ2n) is 7.98. The molecule has 0 atom stereocenters. The molecule has 0 aliphatic heterocycles. The number of ether oxygens (including phenoxy) is 1.